The molecule has 3 unspecified atom stereocenters. The van der Waals surface area contributed by atoms with E-state index in [2.05, 4.69) is 5.32 Å². The average Bonchev–Trinajstić information content (AvgIpc) is 3.20. The Hall–Kier alpha value is -2.07. The molecule has 0 spiro atoms. The molecule has 2 amide bonds. The molecule has 2 aliphatic rings. The van der Waals surface area contributed by atoms with E-state index in [4.69, 9.17) is 18.3 Å². The predicted octanol–water partition coefficient (Wildman–Crippen LogP) is 1.01. The first kappa shape index (κ1) is 21.6. The van der Waals surface area contributed by atoms with Gasteiger partial charge in [-0.3, -0.25) is 19.0 Å². The van der Waals surface area contributed by atoms with Gasteiger partial charge in [0.2, 0.25) is 12.3 Å². The summed E-state index contributed by atoms with van der Waals surface area (Å²) in [7, 11) is -0.601. The number of hydrogen-bond donors (Lipinski definition) is 3. The lowest BCUT2D eigenvalue weighted by Gasteiger charge is -2.32. The first-order valence-electron chi connectivity index (χ1n) is 8.95. The van der Waals surface area contributed by atoms with Crippen LogP contribution in [0, 0.1) is 6.92 Å². The zero-order valence-electron chi connectivity index (χ0n) is 16.0. The van der Waals surface area contributed by atoms with Gasteiger partial charge in [-0.15, -0.1) is 0 Å². The molecular formula is C18H23N2O8P. The molecule has 1 aromatic rings. The largest absolute Gasteiger partial charge is 0.426 e. The minimum atomic E-state index is -2.68. The van der Waals surface area contributed by atoms with Gasteiger partial charge in [-0.25, -0.2) is 4.52 Å². The van der Waals surface area contributed by atoms with Crippen LogP contribution in [0.2, 0.25) is 0 Å². The Morgan fingerprint density at radius 3 is 2.93 bits per heavy atom. The van der Waals surface area contributed by atoms with Crippen LogP contribution in [0.25, 0.3) is 0 Å². The van der Waals surface area contributed by atoms with Gasteiger partial charge in [0.1, 0.15) is 18.1 Å². The molecule has 2 aliphatic heterocycles. The van der Waals surface area contributed by atoms with Gasteiger partial charge in [0.15, 0.2) is 0 Å². The number of amides is 2. The first-order valence-corrected chi connectivity index (χ1v) is 10.0. The third-order valence-electron chi connectivity index (χ3n) is 4.51. The fourth-order valence-electron chi connectivity index (χ4n) is 2.95. The van der Waals surface area contributed by atoms with E-state index in [-0.39, 0.29) is 13.0 Å². The van der Waals surface area contributed by atoms with Crippen molar-refractivity contribution in [2.45, 2.75) is 44.7 Å². The Labute approximate surface area is 169 Å². The zero-order valence-corrected chi connectivity index (χ0v) is 16.9. The number of fused-ring (bicyclic) bond motifs is 1. The zero-order chi connectivity index (χ0) is 21.0. The lowest BCUT2D eigenvalue weighted by atomic mass is 10.1. The monoisotopic (exact) mass is 426 g/mol. The number of aryl methyl sites for hydroxylation is 1. The molecule has 0 bridgehead atoms. The molecule has 1 saturated heterocycles. The van der Waals surface area contributed by atoms with E-state index in [9.17, 15) is 19.8 Å². The molecular weight excluding hydrogens is 403 g/mol. The minimum Gasteiger partial charge on any atom is -0.426 e. The highest BCUT2D eigenvalue weighted by Crippen LogP contribution is 2.51. The molecule has 0 aromatic heterocycles. The van der Waals surface area contributed by atoms with Gasteiger partial charge in [0.05, 0.1) is 6.61 Å². The minimum absolute atomic E-state index is 0.203. The van der Waals surface area contributed by atoms with Crippen molar-refractivity contribution in [3.8, 4) is 5.75 Å². The van der Waals surface area contributed by atoms with Crippen molar-refractivity contribution in [1.82, 2.24) is 10.2 Å². The second kappa shape index (κ2) is 9.17. The van der Waals surface area contributed by atoms with Gasteiger partial charge in [0.25, 0.3) is 0 Å². The smallest absolute Gasteiger partial charge is 0.402 e. The van der Waals surface area contributed by atoms with Gasteiger partial charge in [-0.2, -0.15) is 0 Å². The molecule has 10 nitrogen and oxygen atoms in total. The van der Waals surface area contributed by atoms with E-state index in [0.29, 0.717) is 18.6 Å². The SMILES string of the molecule is CNC(=O)/C=C\N(C=O)C1CCC(C(O)(O)OP2OCc3cccc(C)c3O2)O1. The summed E-state index contributed by atoms with van der Waals surface area (Å²) in [5.41, 5.74) is 1.72. The number of hydrogen-bond acceptors (Lipinski definition) is 8. The summed E-state index contributed by atoms with van der Waals surface area (Å²) in [6.45, 7) is 2.09. The summed E-state index contributed by atoms with van der Waals surface area (Å²) in [6.07, 6.45) is 1.51. The maximum Gasteiger partial charge on any atom is 0.402 e. The predicted molar refractivity (Wildman–Crippen MR) is 101 cm³/mol. The molecule has 1 fully saturated rings. The van der Waals surface area contributed by atoms with Gasteiger partial charge in [-0.1, -0.05) is 18.2 Å². The summed E-state index contributed by atoms with van der Waals surface area (Å²) in [4.78, 5) is 23.7. The van der Waals surface area contributed by atoms with Crippen LogP contribution in [0.5, 0.6) is 5.75 Å². The Kier molecular flexibility index (Phi) is 6.84. The topological polar surface area (TPSA) is 127 Å². The summed E-state index contributed by atoms with van der Waals surface area (Å²) >= 11 is 0. The fraction of sp³-hybridized carbons (Fsp3) is 0.444. The van der Waals surface area contributed by atoms with Crippen LogP contribution >= 0.6 is 8.60 Å². The molecule has 2 heterocycles. The van der Waals surface area contributed by atoms with E-state index >= 15 is 0 Å². The Balaban J connectivity index is 1.60. The highest BCUT2D eigenvalue weighted by Gasteiger charge is 2.47. The van der Waals surface area contributed by atoms with Crippen molar-refractivity contribution < 1.29 is 38.1 Å². The summed E-state index contributed by atoms with van der Waals surface area (Å²) in [5, 5.41) is 23.2. The van der Waals surface area contributed by atoms with Crippen molar-refractivity contribution in [3.63, 3.8) is 0 Å². The van der Waals surface area contributed by atoms with Gasteiger partial charge >= 0.3 is 14.6 Å². The lowest BCUT2D eigenvalue weighted by Crippen LogP contribution is -2.45. The van der Waals surface area contributed by atoms with Crippen molar-refractivity contribution in [2.75, 3.05) is 7.05 Å². The van der Waals surface area contributed by atoms with Gasteiger partial charge < -0.3 is 24.8 Å². The molecule has 158 valence electrons. The number of carbonyl (C=O) groups excluding carboxylic acids is 2. The third kappa shape index (κ3) is 5.11. The number of rotatable bonds is 7. The van der Waals surface area contributed by atoms with Crippen LogP contribution < -0.4 is 9.84 Å². The van der Waals surface area contributed by atoms with Gasteiger partial charge in [-0.05, 0) is 25.3 Å². The Bertz CT molecular complexity index is 787. The number of likely N-dealkylation sites (N-methyl/N-ethyl adjacent to an activating group) is 1. The Morgan fingerprint density at radius 2 is 2.21 bits per heavy atom. The van der Waals surface area contributed by atoms with Crippen LogP contribution in [-0.2, 0) is 30.0 Å². The third-order valence-corrected chi connectivity index (χ3v) is 5.60. The lowest BCUT2D eigenvalue weighted by molar-refractivity contribution is -0.346. The molecule has 0 radical (unpaired) electrons. The van der Waals surface area contributed by atoms with Crippen molar-refractivity contribution in [1.29, 1.82) is 0 Å². The molecule has 29 heavy (non-hydrogen) atoms. The fourth-order valence-corrected chi connectivity index (χ4v) is 4.08. The second-order valence-electron chi connectivity index (χ2n) is 6.54. The number of aliphatic hydroxyl groups is 2. The van der Waals surface area contributed by atoms with Crippen molar-refractivity contribution in [2.24, 2.45) is 0 Å². The highest BCUT2D eigenvalue weighted by molar-refractivity contribution is 7.42. The molecule has 3 rings (SSSR count). The van der Waals surface area contributed by atoms with E-state index in [1.54, 1.807) is 0 Å². The van der Waals surface area contributed by atoms with E-state index in [1.165, 1.54) is 19.3 Å². The van der Waals surface area contributed by atoms with Crippen LogP contribution in [0.15, 0.2) is 30.5 Å². The second-order valence-corrected chi connectivity index (χ2v) is 7.61. The molecule has 3 N–H and O–H groups in total. The number of benzene rings is 1. The number of para-hydroxylation sites is 1. The van der Waals surface area contributed by atoms with Crippen LogP contribution in [0.1, 0.15) is 24.0 Å². The van der Waals surface area contributed by atoms with Gasteiger partial charge in [0, 0.05) is 24.9 Å². The maximum absolute atomic E-state index is 11.3. The summed E-state index contributed by atoms with van der Waals surface area (Å²) in [6, 6.07) is 5.60. The molecule has 1 aromatic carbocycles. The molecule has 3 atom stereocenters. The molecule has 11 heteroatoms. The molecule has 0 saturated carbocycles. The van der Waals surface area contributed by atoms with Crippen LogP contribution in [-0.4, -0.2) is 52.8 Å². The van der Waals surface area contributed by atoms with Crippen molar-refractivity contribution in [3.05, 3.63) is 41.6 Å². The summed E-state index contributed by atoms with van der Waals surface area (Å²) in [5.74, 6) is -2.48. The average molecular weight is 426 g/mol. The van der Waals surface area contributed by atoms with E-state index < -0.39 is 32.8 Å². The number of nitrogens with one attached hydrogen (secondary N) is 1. The van der Waals surface area contributed by atoms with Crippen LogP contribution in [0.4, 0.5) is 0 Å². The normalized spacial score (nSPS) is 24.1. The van der Waals surface area contributed by atoms with Crippen molar-refractivity contribution >= 4 is 20.9 Å². The quantitative estimate of drug-likeness (QED) is 0.255. The Morgan fingerprint density at radius 1 is 1.41 bits per heavy atom. The number of nitrogens with zero attached hydrogens (tertiary/aromatic N) is 1. The maximum atomic E-state index is 11.3. The molecule has 0 aliphatic carbocycles. The standard InChI is InChI=1S/C18H23N2O8P/c1-12-4-3-5-13-10-25-29(27-17(12)13)28-18(23,24)14-6-7-16(26-14)20(11-21)9-8-15(22)19-2/h3-5,8-9,11,14,16,23-24H,6-7,10H2,1-2H3,(H,19,22)/b9-8-. The van der Waals surface area contributed by atoms with E-state index in [0.717, 1.165) is 16.0 Å². The number of ether oxygens (including phenoxy) is 1. The number of carbonyl (C=O) groups is 2. The first-order chi connectivity index (χ1) is 13.8. The van der Waals surface area contributed by atoms with Crippen LogP contribution in [0.3, 0.4) is 0 Å². The summed E-state index contributed by atoms with van der Waals surface area (Å²) < 4.78 is 21.9. The highest BCUT2D eigenvalue weighted by atomic mass is 31.2. The van der Waals surface area contributed by atoms with E-state index in [1.807, 2.05) is 25.1 Å².